The molecule has 1 atom stereocenters. The van der Waals surface area contributed by atoms with Crippen molar-refractivity contribution in [2.24, 2.45) is 0 Å². The number of aromatic amines is 1. The Hall–Kier alpha value is -3.13. The van der Waals surface area contributed by atoms with Crippen LogP contribution in [0.15, 0.2) is 36.9 Å². The smallest absolute Gasteiger partial charge is 0.280 e. The Morgan fingerprint density at radius 2 is 1.97 bits per heavy atom. The lowest BCUT2D eigenvalue weighted by atomic mass is 9.96. The van der Waals surface area contributed by atoms with E-state index in [9.17, 15) is 4.79 Å². The Bertz CT molecular complexity index is 1220. The second-order valence-electron chi connectivity index (χ2n) is 8.40. The van der Waals surface area contributed by atoms with Gasteiger partial charge in [-0.05, 0) is 36.5 Å². The van der Waals surface area contributed by atoms with Crippen LogP contribution in [0.5, 0.6) is 0 Å². The first-order chi connectivity index (χ1) is 14.2. The highest BCUT2D eigenvalue weighted by Crippen LogP contribution is 2.30. The first-order valence-corrected chi connectivity index (χ1v) is 10.6. The molecule has 0 saturated carbocycles. The topological polar surface area (TPSA) is 96.5 Å². The summed E-state index contributed by atoms with van der Waals surface area (Å²) in [5.74, 6) is -0.151. The molecule has 7 nitrogen and oxygen atoms in total. The maximum atomic E-state index is 12.7. The van der Waals surface area contributed by atoms with Crippen molar-refractivity contribution in [2.75, 3.05) is 0 Å². The molecule has 0 fully saturated rings. The zero-order valence-corrected chi connectivity index (χ0v) is 18.5. The van der Waals surface area contributed by atoms with Gasteiger partial charge in [0.2, 0.25) is 0 Å². The van der Waals surface area contributed by atoms with E-state index in [4.69, 9.17) is 0 Å². The molecule has 0 aliphatic rings. The molecule has 154 valence electrons. The lowest BCUT2D eigenvalue weighted by Crippen LogP contribution is -2.27. The molecule has 8 heteroatoms. The van der Waals surface area contributed by atoms with Crippen molar-refractivity contribution in [3.63, 3.8) is 0 Å². The molecule has 0 spiro atoms. The summed E-state index contributed by atoms with van der Waals surface area (Å²) >= 11 is 1.44. The SMILES string of the molecule is Cc1cc(-c2ncnc3[nH]ncc23)ccc1C(C)NC(=O)c1ncc(C(C)(C)C)s1. The normalized spacial score (nSPS) is 12.8. The van der Waals surface area contributed by atoms with Crippen molar-refractivity contribution < 1.29 is 4.79 Å². The van der Waals surface area contributed by atoms with Crippen LogP contribution in [0.1, 0.15) is 59.5 Å². The number of hydrogen-bond acceptors (Lipinski definition) is 6. The Balaban J connectivity index is 1.55. The molecule has 4 rings (SSSR count). The Morgan fingerprint density at radius 1 is 1.17 bits per heavy atom. The number of benzene rings is 1. The van der Waals surface area contributed by atoms with Gasteiger partial charge in [0.25, 0.3) is 5.91 Å². The molecule has 0 aliphatic heterocycles. The molecule has 3 aromatic heterocycles. The predicted molar refractivity (Wildman–Crippen MR) is 119 cm³/mol. The van der Waals surface area contributed by atoms with Crippen molar-refractivity contribution in [1.29, 1.82) is 0 Å². The molecular weight excluding hydrogens is 396 g/mol. The molecule has 2 N–H and O–H groups in total. The fourth-order valence-electron chi connectivity index (χ4n) is 3.37. The van der Waals surface area contributed by atoms with E-state index in [2.05, 4.69) is 57.3 Å². The monoisotopic (exact) mass is 420 g/mol. The quantitative estimate of drug-likeness (QED) is 0.504. The van der Waals surface area contributed by atoms with Crippen LogP contribution in [0.3, 0.4) is 0 Å². The zero-order chi connectivity index (χ0) is 21.5. The number of rotatable bonds is 4. The fraction of sp³-hybridized carbons (Fsp3) is 0.318. The summed E-state index contributed by atoms with van der Waals surface area (Å²) in [5.41, 5.74) is 4.63. The summed E-state index contributed by atoms with van der Waals surface area (Å²) in [6, 6.07) is 5.98. The van der Waals surface area contributed by atoms with Crippen LogP contribution >= 0.6 is 11.3 Å². The summed E-state index contributed by atoms with van der Waals surface area (Å²) in [5, 5.41) is 11.4. The molecule has 1 unspecified atom stereocenters. The van der Waals surface area contributed by atoms with Crippen molar-refractivity contribution >= 4 is 28.3 Å². The lowest BCUT2D eigenvalue weighted by Gasteiger charge is -2.17. The maximum Gasteiger partial charge on any atom is 0.280 e. The van der Waals surface area contributed by atoms with Gasteiger partial charge in [-0.2, -0.15) is 5.10 Å². The number of amides is 1. The number of aromatic nitrogens is 5. The molecule has 0 aliphatic carbocycles. The van der Waals surface area contributed by atoms with Gasteiger partial charge in [0.15, 0.2) is 10.7 Å². The Labute approximate surface area is 179 Å². The Kier molecular flexibility index (Phi) is 5.11. The molecule has 1 amide bonds. The van der Waals surface area contributed by atoms with E-state index in [-0.39, 0.29) is 17.4 Å². The molecule has 4 aromatic rings. The second kappa shape index (κ2) is 7.60. The lowest BCUT2D eigenvalue weighted by molar-refractivity contribution is 0.0939. The number of carbonyl (C=O) groups excluding carboxylic acids is 1. The van der Waals surface area contributed by atoms with Gasteiger partial charge in [0.05, 0.1) is 23.3 Å². The summed E-state index contributed by atoms with van der Waals surface area (Å²) in [6.45, 7) is 10.4. The first kappa shape index (κ1) is 20.2. The maximum absolute atomic E-state index is 12.7. The number of nitrogens with one attached hydrogen (secondary N) is 2. The third-order valence-corrected chi connectivity index (χ3v) is 6.47. The Morgan fingerprint density at radius 3 is 2.67 bits per heavy atom. The van der Waals surface area contributed by atoms with E-state index in [0.29, 0.717) is 10.7 Å². The average molecular weight is 421 g/mol. The fourth-order valence-corrected chi connectivity index (χ4v) is 4.24. The van der Waals surface area contributed by atoms with E-state index in [1.165, 1.54) is 17.7 Å². The van der Waals surface area contributed by atoms with Crippen molar-refractivity contribution in [3.05, 3.63) is 57.9 Å². The van der Waals surface area contributed by atoms with Crippen LogP contribution in [-0.4, -0.2) is 31.1 Å². The highest BCUT2D eigenvalue weighted by molar-refractivity contribution is 7.13. The highest BCUT2D eigenvalue weighted by atomic mass is 32.1. The van der Waals surface area contributed by atoms with Crippen LogP contribution in [-0.2, 0) is 5.41 Å². The predicted octanol–water partition coefficient (Wildman–Crippen LogP) is 4.57. The van der Waals surface area contributed by atoms with E-state index < -0.39 is 0 Å². The summed E-state index contributed by atoms with van der Waals surface area (Å²) in [6.07, 6.45) is 5.06. The zero-order valence-electron chi connectivity index (χ0n) is 17.6. The largest absolute Gasteiger partial charge is 0.343 e. The minimum atomic E-state index is -0.151. The number of H-pyrrole nitrogens is 1. The van der Waals surface area contributed by atoms with Gasteiger partial charge in [-0.15, -0.1) is 11.3 Å². The van der Waals surface area contributed by atoms with Gasteiger partial charge >= 0.3 is 0 Å². The number of fused-ring (bicyclic) bond motifs is 1. The van der Waals surface area contributed by atoms with Crippen LogP contribution in [0.25, 0.3) is 22.3 Å². The number of nitrogens with zero attached hydrogens (tertiary/aromatic N) is 4. The van der Waals surface area contributed by atoms with Gasteiger partial charge in [0, 0.05) is 16.6 Å². The molecule has 0 bridgehead atoms. The second-order valence-corrected chi connectivity index (χ2v) is 9.43. The molecule has 0 saturated heterocycles. The number of thiazole rings is 1. The van der Waals surface area contributed by atoms with Crippen LogP contribution in [0, 0.1) is 6.92 Å². The van der Waals surface area contributed by atoms with Gasteiger partial charge in [0.1, 0.15) is 6.33 Å². The van der Waals surface area contributed by atoms with Crippen LogP contribution in [0.4, 0.5) is 0 Å². The van der Waals surface area contributed by atoms with Gasteiger partial charge in [-0.3, -0.25) is 9.89 Å². The average Bonchev–Trinajstić information content (AvgIpc) is 3.36. The number of aryl methyl sites for hydroxylation is 1. The third-order valence-electron chi connectivity index (χ3n) is 5.04. The highest BCUT2D eigenvalue weighted by Gasteiger charge is 2.21. The van der Waals surface area contributed by atoms with Gasteiger partial charge in [-0.25, -0.2) is 15.0 Å². The van der Waals surface area contributed by atoms with Crippen molar-refractivity contribution in [1.82, 2.24) is 30.5 Å². The molecular formula is C22H24N6OS. The molecule has 3 heterocycles. The number of hydrogen-bond donors (Lipinski definition) is 2. The van der Waals surface area contributed by atoms with E-state index in [0.717, 1.165) is 32.6 Å². The summed E-state index contributed by atoms with van der Waals surface area (Å²) in [7, 11) is 0. The van der Waals surface area contributed by atoms with E-state index >= 15 is 0 Å². The minimum Gasteiger partial charge on any atom is -0.343 e. The van der Waals surface area contributed by atoms with Crippen LogP contribution < -0.4 is 5.32 Å². The molecule has 0 radical (unpaired) electrons. The molecule has 30 heavy (non-hydrogen) atoms. The van der Waals surface area contributed by atoms with Gasteiger partial charge in [-0.1, -0.05) is 32.9 Å². The van der Waals surface area contributed by atoms with Crippen LogP contribution in [0.2, 0.25) is 0 Å². The molecule has 1 aromatic carbocycles. The number of carbonyl (C=O) groups is 1. The van der Waals surface area contributed by atoms with E-state index in [1.807, 2.05) is 26.0 Å². The minimum absolute atomic E-state index is 0.0182. The third kappa shape index (κ3) is 3.82. The first-order valence-electron chi connectivity index (χ1n) is 9.76. The van der Waals surface area contributed by atoms with Gasteiger partial charge < -0.3 is 5.32 Å². The standard InChI is InChI=1S/C22H24N6OS/c1-12-8-14(18-16-9-26-28-19(16)25-11-24-18)6-7-15(12)13(2)27-20(29)21-23-10-17(30-21)22(3,4)5/h6-11,13H,1-5H3,(H,27,29)(H,24,25,26,28). The summed E-state index contributed by atoms with van der Waals surface area (Å²) in [4.78, 5) is 26.7. The summed E-state index contributed by atoms with van der Waals surface area (Å²) < 4.78 is 0. The van der Waals surface area contributed by atoms with E-state index in [1.54, 1.807) is 12.4 Å². The van der Waals surface area contributed by atoms with Crippen molar-refractivity contribution in [2.45, 2.75) is 46.1 Å². The van der Waals surface area contributed by atoms with Crippen molar-refractivity contribution in [3.8, 4) is 11.3 Å².